The summed E-state index contributed by atoms with van der Waals surface area (Å²) in [4.78, 5) is 22.3. The van der Waals surface area contributed by atoms with Gasteiger partial charge >= 0.3 is 0 Å². The molecule has 0 N–H and O–H groups in total. The molecule has 6 nitrogen and oxygen atoms in total. The summed E-state index contributed by atoms with van der Waals surface area (Å²) in [5.41, 5.74) is 0.184. The lowest BCUT2D eigenvalue weighted by Crippen LogP contribution is -2.45. The molecule has 0 saturated carbocycles. The van der Waals surface area contributed by atoms with E-state index in [9.17, 15) is 4.79 Å². The van der Waals surface area contributed by atoms with Crippen LogP contribution in [0.5, 0.6) is 0 Å². The number of amides is 1. The highest BCUT2D eigenvalue weighted by molar-refractivity contribution is 6.33. The largest absolute Gasteiger partial charge is 0.360 e. The Kier molecular flexibility index (Phi) is 4.53. The highest BCUT2D eigenvalue weighted by Crippen LogP contribution is 2.19. The first kappa shape index (κ1) is 14.7. The molecule has 7 heteroatoms. The molecule has 106 valence electrons. The molecule has 1 saturated heterocycles. The van der Waals surface area contributed by atoms with Crippen LogP contribution < -0.4 is 0 Å². The van der Waals surface area contributed by atoms with Crippen molar-refractivity contribution in [2.45, 2.75) is 25.9 Å². The molecule has 1 amide bonds. The van der Waals surface area contributed by atoms with Crippen molar-refractivity contribution in [2.24, 2.45) is 0 Å². The normalized spacial score (nSPS) is 18.9. The minimum atomic E-state index is -0.599. The molecule has 2 heterocycles. The standard InChI is InChI=1S/C13H15ClN4O2/c1-8(2)12-16-6-10(14)11(17-12)13(19)18-3-4-20-9(5-15)7-18/h6,8-9H,3-4,7H2,1-2H3. The second-order valence-electron chi connectivity index (χ2n) is 4.82. The van der Waals surface area contributed by atoms with Crippen molar-refractivity contribution in [3.05, 3.63) is 22.7 Å². The molecule has 0 aromatic carbocycles. The molecule has 0 radical (unpaired) electrons. The van der Waals surface area contributed by atoms with Gasteiger partial charge in [0, 0.05) is 12.5 Å². The quantitative estimate of drug-likeness (QED) is 0.828. The summed E-state index contributed by atoms with van der Waals surface area (Å²) in [6.07, 6.45) is 0.845. The van der Waals surface area contributed by atoms with Crippen molar-refractivity contribution in [2.75, 3.05) is 19.7 Å². The number of carbonyl (C=O) groups excluding carboxylic acids is 1. The van der Waals surface area contributed by atoms with Gasteiger partial charge in [0.2, 0.25) is 0 Å². The summed E-state index contributed by atoms with van der Waals surface area (Å²) in [7, 11) is 0. The summed E-state index contributed by atoms with van der Waals surface area (Å²) in [5.74, 6) is 0.390. The predicted octanol–water partition coefficient (Wildman–Crippen LogP) is 1.62. The van der Waals surface area contributed by atoms with E-state index in [-0.39, 0.29) is 29.1 Å². The fourth-order valence-corrected chi connectivity index (χ4v) is 2.04. The van der Waals surface area contributed by atoms with Gasteiger partial charge < -0.3 is 9.64 Å². The third kappa shape index (κ3) is 3.06. The van der Waals surface area contributed by atoms with Crippen molar-refractivity contribution >= 4 is 17.5 Å². The molecule has 1 fully saturated rings. The molecule has 1 atom stereocenters. The molecule has 1 aromatic heterocycles. The third-order valence-electron chi connectivity index (χ3n) is 2.98. The fourth-order valence-electron chi connectivity index (χ4n) is 1.87. The van der Waals surface area contributed by atoms with Crippen LogP contribution in [0.1, 0.15) is 36.1 Å². The number of rotatable bonds is 2. The predicted molar refractivity (Wildman–Crippen MR) is 72.4 cm³/mol. The Hall–Kier alpha value is -1.71. The molecule has 0 aliphatic carbocycles. The van der Waals surface area contributed by atoms with Crippen molar-refractivity contribution in [3.8, 4) is 6.07 Å². The first-order valence-electron chi connectivity index (χ1n) is 6.36. The number of morpholine rings is 1. The van der Waals surface area contributed by atoms with Crippen LogP contribution in [-0.4, -0.2) is 46.6 Å². The Morgan fingerprint density at radius 3 is 3.05 bits per heavy atom. The zero-order valence-corrected chi connectivity index (χ0v) is 12.1. The maximum absolute atomic E-state index is 12.4. The van der Waals surface area contributed by atoms with Gasteiger partial charge in [-0.2, -0.15) is 5.26 Å². The molecule has 0 spiro atoms. The molecule has 2 rings (SSSR count). The number of hydrogen-bond acceptors (Lipinski definition) is 5. The van der Waals surface area contributed by atoms with E-state index < -0.39 is 6.10 Å². The lowest BCUT2D eigenvalue weighted by molar-refractivity contribution is 0.00318. The lowest BCUT2D eigenvalue weighted by atomic mass is 10.2. The topological polar surface area (TPSA) is 79.1 Å². The van der Waals surface area contributed by atoms with Crippen molar-refractivity contribution in [1.82, 2.24) is 14.9 Å². The lowest BCUT2D eigenvalue weighted by Gasteiger charge is -2.29. The summed E-state index contributed by atoms with van der Waals surface area (Å²) in [6.45, 7) is 4.88. The SMILES string of the molecule is CC(C)c1ncc(Cl)c(C(=O)N2CCOC(C#N)C2)n1. The molecule has 1 aliphatic rings. The van der Waals surface area contributed by atoms with Crippen molar-refractivity contribution < 1.29 is 9.53 Å². The average Bonchev–Trinajstić information content (AvgIpc) is 2.46. The van der Waals surface area contributed by atoms with Crippen LogP contribution in [0.3, 0.4) is 0 Å². The van der Waals surface area contributed by atoms with E-state index in [4.69, 9.17) is 21.6 Å². The fraction of sp³-hybridized carbons (Fsp3) is 0.538. The summed E-state index contributed by atoms with van der Waals surface area (Å²) >= 11 is 6.02. The average molecular weight is 295 g/mol. The maximum atomic E-state index is 12.4. The number of halogens is 1. The smallest absolute Gasteiger partial charge is 0.274 e. The molecule has 1 unspecified atom stereocenters. The van der Waals surface area contributed by atoms with Gasteiger partial charge in [-0.05, 0) is 0 Å². The van der Waals surface area contributed by atoms with Crippen LogP contribution >= 0.6 is 11.6 Å². The van der Waals surface area contributed by atoms with E-state index in [1.165, 1.54) is 11.1 Å². The molecule has 20 heavy (non-hydrogen) atoms. The van der Waals surface area contributed by atoms with Crippen LogP contribution in [-0.2, 0) is 4.74 Å². The molecule has 1 aromatic rings. The number of nitrogens with zero attached hydrogens (tertiary/aromatic N) is 4. The first-order chi connectivity index (χ1) is 9.52. The Morgan fingerprint density at radius 2 is 2.40 bits per heavy atom. The minimum Gasteiger partial charge on any atom is -0.360 e. The second-order valence-corrected chi connectivity index (χ2v) is 5.23. The van der Waals surface area contributed by atoms with Gasteiger partial charge in [0.15, 0.2) is 11.8 Å². The van der Waals surface area contributed by atoms with E-state index in [0.717, 1.165) is 0 Å². The van der Waals surface area contributed by atoms with Gasteiger partial charge in [-0.1, -0.05) is 25.4 Å². The van der Waals surface area contributed by atoms with E-state index in [2.05, 4.69) is 9.97 Å². The molecule has 1 aliphatic heterocycles. The maximum Gasteiger partial charge on any atom is 0.274 e. The van der Waals surface area contributed by atoms with Crippen LogP contribution in [0.2, 0.25) is 5.02 Å². The first-order valence-corrected chi connectivity index (χ1v) is 6.73. The molecular weight excluding hydrogens is 280 g/mol. The zero-order chi connectivity index (χ0) is 14.7. The van der Waals surface area contributed by atoms with Gasteiger partial charge in [0.25, 0.3) is 5.91 Å². The zero-order valence-electron chi connectivity index (χ0n) is 11.3. The van der Waals surface area contributed by atoms with Crippen LogP contribution in [0.15, 0.2) is 6.20 Å². The Bertz CT molecular complexity index is 556. The molecular formula is C13H15ClN4O2. The number of nitriles is 1. The van der Waals surface area contributed by atoms with Gasteiger partial charge in [-0.25, -0.2) is 9.97 Å². The van der Waals surface area contributed by atoms with Gasteiger partial charge in [0.05, 0.1) is 30.4 Å². The number of ether oxygens (including phenoxy) is 1. The minimum absolute atomic E-state index is 0.107. The Balaban J connectivity index is 2.24. The number of hydrogen-bond donors (Lipinski definition) is 0. The Labute approximate surface area is 122 Å². The van der Waals surface area contributed by atoms with E-state index in [1.54, 1.807) is 0 Å². The van der Waals surface area contributed by atoms with E-state index >= 15 is 0 Å². The highest BCUT2D eigenvalue weighted by atomic mass is 35.5. The van der Waals surface area contributed by atoms with Crippen LogP contribution in [0, 0.1) is 11.3 Å². The highest BCUT2D eigenvalue weighted by Gasteiger charge is 2.27. The van der Waals surface area contributed by atoms with Gasteiger partial charge in [-0.3, -0.25) is 4.79 Å². The monoisotopic (exact) mass is 294 g/mol. The summed E-state index contributed by atoms with van der Waals surface area (Å²) < 4.78 is 5.21. The van der Waals surface area contributed by atoms with Gasteiger partial charge in [-0.15, -0.1) is 0 Å². The Morgan fingerprint density at radius 1 is 1.65 bits per heavy atom. The van der Waals surface area contributed by atoms with Crippen molar-refractivity contribution in [1.29, 1.82) is 5.26 Å². The van der Waals surface area contributed by atoms with Gasteiger partial charge in [0.1, 0.15) is 5.82 Å². The second kappa shape index (κ2) is 6.16. The van der Waals surface area contributed by atoms with E-state index in [0.29, 0.717) is 19.0 Å². The summed E-state index contributed by atoms with van der Waals surface area (Å²) in [6, 6.07) is 2.00. The van der Waals surface area contributed by atoms with Crippen LogP contribution in [0.25, 0.3) is 0 Å². The summed E-state index contributed by atoms with van der Waals surface area (Å²) in [5, 5.41) is 9.09. The van der Waals surface area contributed by atoms with Crippen molar-refractivity contribution in [3.63, 3.8) is 0 Å². The van der Waals surface area contributed by atoms with Crippen LogP contribution in [0.4, 0.5) is 0 Å². The number of aromatic nitrogens is 2. The molecule has 0 bridgehead atoms. The number of carbonyl (C=O) groups is 1. The van der Waals surface area contributed by atoms with E-state index in [1.807, 2.05) is 19.9 Å². The third-order valence-corrected chi connectivity index (χ3v) is 3.26.